The number of aromatic nitrogens is 2. The number of hydrogen-bond donors (Lipinski definition) is 3. The average Bonchev–Trinajstić information content (AvgIpc) is 2.86. The van der Waals surface area contributed by atoms with Crippen molar-refractivity contribution in [3.63, 3.8) is 0 Å². The minimum Gasteiger partial charge on any atom is -0.397 e. The number of hydrogen-bond acceptors (Lipinski definition) is 7. The molecule has 1 aromatic carbocycles. The first-order valence-corrected chi connectivity index (χ1v) is 7.77. The molecule has 0 aliphatic heterocycles. The zero-order chi connectivity index (χ0) is 15.5. The second-order valence-electron chi connectivity index (χ2n) is 4.37. The van der Waals surface area contributed by atoms with Crippen LogP contribution in [0.4, 0.5) is 11.4 Å². The summed E-state index contributed by atoms with van der Waals surface area (Å²) in [6, 6.07) is 4.52. The molecule has 0 radical (unpaired) electrons. The number of benzene rings is 1. The van der Waals surface area contributed by atoms with Gasteiger partial charge < -0.3 is 15.6 Å². The molecular formula is C12H17N5O3S. The van der Waals surface area contributed by atoms with Crippen LogP contribution >= 0.6 is 0 Å². The van der Waals surface area contributed by atoms with Gasteiger partial charge in [0, 0.05) is 13.0 Å². The average molecular weight is 311 g/mol. The molecule has 9 heteroatoms. The molecule has 1 heterocycles. The Labute approximate surface area is 122 Å². The second kappa shape index (κ2) is 6.10. The first-order chi connectivity index (χ1) is 9.92. The third-order valence-electron chi connectivity index (χ3n) is 2.83. The summed E-state index contributed by atoms with van der Waals surface area (Å²) in [6.45, 7) is 2.29. The number of anilines is 2. The molecule has 1 aromatic heterocycles. The minimum absolute atomic E-state index is 0.126. The highest BCUT2D eigenvalue weighted by atomic mass is 32.2. The van der Waals surface area contributed by atoms with E-state index in [-0.39, 0.29) is 4.90 Å². The SMILES string of the molecule is CNS(=O)(=O)c1ccc(NCCc2nc(C)no2)c(N)c1. The normalized spacial score (nSPS) is 11.5. The lowest BCUT2D eigenvalue weighted by Crippen LogP contribution is -2.19. The van der Waals surface area contributed by atoms with Gasteiger partial charge in [-0.2, -0.15) is 4.98 Å². The topological polar surface area (TPSA) is 123 Å². The van der Waals surface area contributed by atoms with E-state index in [9.17, 15) is 8.42 Å². The fourth-order valence-corrected chi connectivity index (χ4v) is 2.50. The van der Waals surface area contributed by atoms with Crippen molar-refractivity contribution in [2.75, 3.05) is 24.6 Å². The fourth-order valence-electron chi connectivity index (χ4n) is 1.73. The van der Waals surface area contributed by atoms with Gasteiger partial charge in [0.15, 0.2) is 5.82 Å². The van der Waals surface area contributed by atoms with Crippen LogP contribution in [0.25, 0.3) is 0 Å². The molecule has 0 aliphatic rings. The number of sulfonamides is 1. The molecule has 4 N–H and O–H groups in total. The van der Waals surface area contributed by atoms with Crippen molar-refractivity contribution in [2.24, 2.45) is 0 Å². The van der Waals surface area contributed by atoms with Crippen LogP contribution in [0.3, 0.4) is 0 Å². The lowest BCUT2D eigenvalue weighted by molar-refractivity contribution is 0.377. The molecule has 0 spiro atoms. The number of nitrogens with two attached hydrogens (primary N) is 1. The maximum atomic E-state index is 11.7. The minimum atomic E-state index is -3.49. The van der Waals surface area contributed by atoms with Crippen LogP contribution in [-0.2, 0) is 16.4 Å². The Morgan fingerprint density at radius 1 is 1.38 bits per heavy atom. The standard InChI is InChI=1S/C12H17N5O3S/c1-8-16-12(20-17-8)5-6-15-11-4-3-9(7-10(11)13)21(18,19)14-2/h3-4,7,14-15H,5-6,13H2,1-2H3. The van der Waals surface area contributed by atoms with Crippen LogP contribution in [0.2, 0.25) is 0 Å². The monoisotopic (exact) mass is 311 g/mol. The maximum absolute atomic E-state index is 11.7. The third-order valence-corrected chi connectivity index (χ3v) is 4.24. The van der Waals surface area contributed by atoms with Crippen LogP contribution in [0.15, 0.2) is 27.6 Å². The van der Waals surface area contributed by atoms with Crippen molar-refractivity contribution in [3.05, 3.63) is 29.9 Å². The molecule has 8 nitrogen and oxygen atoms in total. The summed E-state index contributed by atoms with van der Waals surface area (Å²) >= 11 is 0. The van der Waals surface area contributed by atoms with Gasteiger partial charge >= 0.3 is 0 Å². The van der Waals surface area contributed by atoms with E-state index in [1.807, 2.05) is 0 Å². The van der Waals surface area contributed by atoms with E-state index in [1.165, 1.54) is 19.2 Å². The Balaban J connectivity index is 2.01. The van der Waals surface area contributed by atoms with Crippen molar-refractivity contribution < 1.29 is 12.9 Å². The highest BCUT2D eigenvalue weighted by Crippen LogP contribution is 2.22. The highest BCUT2D eigenvalue weighted by Gasteiger charge is 2.12. The molecule has 114 valence electrons. The van der Waals surface area contributed by atoms with Gasteiger partial charge in [-0.05, 0) is 32.2 Å². The molecule has 0 fully saturated rings. The Hall–Kier alpha value is -2.13. The predicted octanol–water partition coefficient (Wildman–Crippen LogP) is 0.523. The smallest absolute Gasteiger partial charge is 0.240 e. The number of aryl methyl sites for hydroxylation is 1. The number of nitrogen functional groups attached to an aromatic ring is 1. The molecule has 2 rings (SSSR count). The Morgan fingerprint density at radius 2 is 2.14 bits per heavy atom. The summed E-state index contributed by atoms with van der Waals surface area (Å²) in [5, 5.41) is 6.79. The Morgan fingerprint density at radius 3 is 2.71 bits per heavy atom. The van der Waals surface area contributed by atoms with Gasteiger partial charge in [-0.25, -0.2) is 13.1 Å². The van der Waals surface area contributed by atoms with Crippen LogP contribution < -0.4 is 15.8 Å². The molecule has 0 atom stereocenters. The van der Waals surface area contributed by atoms with E-state index in [4.69, 9.17) is 10.3 Å². The lowest BCUT2D eigenvalue weighted by atomic mass is 10.2. The van der Waals surface area contributed by atoms with E-state index in [0.29, 0.717) is 36.1 Å². The van der Waals surface area contributed by atoms with E-state index in [2.05, 4.69) is 20.2 Å². The molecule has 0 saturated carbocycles. The largest absolute Gasteiger partial charge is 0.397 e. The first kappa shape index (κ1) is 15.3. The van der Waals surface area contributed by atoms with Crippen LogP contribution in [0.5, 0.6) is 0 Å². The summed E-state index contributed by atoms with van der Waals surface area (Å²) in [4.78, 5) is 4.21. The molecule has 0 aliphatic carbocycles. The van der Waals surface area contributed by atoms with E-state index >= 15 is 0 Å². The zero-order valence-electron chi connectivity index (χ0n) is 11.8. The fraction of sp³-hybridized carbons (Fsp3) is 0.333. The number of nitrogens with one attached hydrogen (secondary N) is 2. The van der Waals surface area contributed by atoms with Crippen molar-refractivity contribution in [2.45, 2.75) is 18.2 Å². The molecule has 0 unspecified atom stereocenters. The van der Waals surface area contributed by atoms with Gasteiger partial charge in [0.1, 0.15) is 0 Å². The van der Waals surface area contributed by atoms with Crippen molar-refractivity contribution >= 4 is 21.4 Å². The lowest BCUT2D eigenvalue weighted by Gasteiger charge is -2.10. The van der Waals surface area contributed by atoms with Gasteiger partial charge in [0.2, 0.25) is 15.9 Å². The second-order valence-corrected chi connectivity index (χ2v) is 6.26. The van der Waals surface area contributed by atoms with Crippen molar-refractivity contribution in [1.29, 1.82) is 0 Å². The highest BCUT2D eigenvalue weighted by molar-refractivity contribution is 7.89. The molecule has 0 amide bonds. The number of nitrogens with zero attached hydrogens (tertiary/aromatic N) is 2. The molecule has 0 bridgehead atoms. The van der Waals surface area contributed by atoms with Crippen molar-refractivity contribution in [3.8, 4) is 0 Å². The summed E-state index contributed by atoms with van der Waals surface area (Å²) in [7, 11) is -2.14. The quantitative estimate of drug-likeness (QED) is 0.664. The molecule has 21 heavy (non-hydrogen) atoms. The van der Waals surface area contributed by atoms with Crippen LogP contribution in [0.1, 0.15) is 11.7 Å². The van der Waals surface area contributed by atoms with E-state index in [1.54, 1.807) is 13.0 Å². The Bertz CT molecular complexity index is 726. The molecule has 0 saturated heterocycles. The van der Waals surface area contributed by atoms with Gasteiger partial charge in [0.05, 0.1) is 16.3 Å². The van der Waals surface area contributed by atoms with Crippen LogP contribution in [0, 0.1) is 6.92 Å². The van der Waals surface area contributed by atoms with E-state index in [0.717, 1.165) is 0 Å². The summed E-state index contributed by atoms with van der Waals surface area (Å²) in [5.74, 6) is 1.12. The van der Waals surface area contributed by atoms with Crippen LogP contribution in [-0.4, -0.2) is 32.2 Å². The molecule has 2 aromatic rings. The number of rotatable bonds is 6. The maximum Gasteiger partial charge on any atom is 0.240 e. The summed E-state index contributed by atoms with van der Waals surface area (Å²) < 4.78 is 30.5. The summed E-state index contributed by atoms with van der Waals surface area (Å²) in [5.41, 5.74) is 6.86. The zero-order valence-corrected chi connectivity index (χ0v) is 12.6. The Kier molecular flexibility index (Phi) is 4.43. The predicted molar refractivity (Wildman–Crippen MR) is 78.3 cm³/mol. The van der Waals surface area contributed by atoms with E-state index < -0.39 is 10.0 Å². The molecular weight excluding hydrogens is 294 g/mol. The van der Waals surface area contributed by atoms with Gasteiger partial charge in [-0.3, -0.25) is 0 Å². The van der Waals surface area contributed by atoms with Gasteiger partial charge in [-0.1, -0.05) is 5.16 Å². The van der Waals surface area contributed by atoms with Crippen molar-refractivity contribution in [1.82, 2.24) is 14.9 Å². The first-order valence-electron chi connectivity index (χ1n) is 6.28. The van der Waals surface area contributed by atoms with Gasteiger partial charge in [0.25, 0.3) is 0 Å². The van der Waals surface area contributed by atoms with Gasteiger partial charge in [-0.15, -0.1) is 0 Å². The third kappa shape index (κ3) is 3.70. The summed E-state index contributed by atoms with van der Waals surface area (Å²) in [6.07, 6.45) is 0.552.